The molecule has 2 aromatic carbocycles. The van der Waals surface area contributed by atoms with Gasteiger partial charge in [0, 0.05) is 25.8 Å². The van der Waals surface area contributed by atoms with Crippen LogP contribution >= 0.6 is 0 Å². The third-order valence-electron chi connectivity index (χ3n) is 5.20. The van der Waals surface area contributed by atoms with Crippen LogP contribution in [0.3, 0.4) is 0 Å². The monoisotopic (exact) mass is 442 g/mol. The minimum atomic E-state index is -3.53. The van der Waals surface area contributed by atoms with Gasteiger partial charge in [-0.1, -0.05) is 24.6 Å². The van der Waals surface area contributed by atoms with Gasteiger partial charge >= 0.3 is 0 Å². The van der Waals surface area contributed by atoms with Crippen LogP contribution in [0.1, 0.15) is 35.3 Å². The molecule has 0 saturated carbocycles. The quantitative estimate of drug-likeness (QED) is 0.636. The maximum atomic E-state index is 13.4. The fraction of sp³-hybridized carbons (Fsp3) is 0.273. The molecule has 9 heteroatoms. The SMILES string of the molecule is O=C(NCc1cccc(S(=O)(=O)N2CCCCC2)c1)c1ccn(-c2cccc(F)c2)n1. The van der Waals surface area contributed by atoms with E-state index in [-0.39, 0.29) is 17.1 Å². The van der Waals surface area contributed by atoms with Crippen molar-refractivity contribution in [1.29, 1.82) is 0 Å². The number of carbonyl (C=O) groups excluding carboxylic acids is 1. The van der Waals surface area contributed by atoms with Crippen molar-refractivity contribution >= 4 is 15.9 Å². The molecule has 0 radical (unpaired) electrons. The fourth-order valence-electron chi connectivity index (χ4n) is 3.55. The van der Waals surface area contributed by atoms with Crippen LogP contribution in [0.2, 0.25) is 0 Å². The number of nitrogens with one attached hydrogen (secondary N) is 1. The van der Waals surface area contributed by atoms with Gasteiger partial charge in [0.05, 0.1) is 10.6 Å². The molecule has 1 fully saturated rings. The maximum absolute atomic E-state index is 13.4. The van der Waals surface area contributed by atoms with Crippen molar-refractivity contribution in [3.8, 4) is 5.69 Å². The Morgan fingerprint density at radius 3 is 2.58 bits per heavy atom. The van der Waals surface area contributed by atoms with E-state index in [4.69, 9.17) is 0 Å². The predicted octanol–water partition coefficient (Wildman–Crippen LogP) is 3.12. The van der Waals surface area contributed by atoms with Gasteiger partial charge in [-0.25, -0.2) is 17.5 Å². The lowest BCUT2D eigenvalue weighted by Gasteiger charge is -2.26. The van der Waals surface area contributed by atoms with Crippen LogP contribution in [-0.4, -0.2) is 41.5 Å². The Bertz CT molecular complexity index is 1190. The molecule has 0 atom stereocenters. The number of halogens is 1. The third-order valence-corrected chi connectivity index (χ3v) is 7.09. The van der Waals surface area contributed by atoms with E-state index in [1.165, 1.54) is 27.2 Å². The van der Waals surface area contributed by atoms with E-state index in [2.05, 4.69) is 10.4 Å². The van der Waals surface area contributed by atoms with Gasteiger partial charge in [-0.2, -0.15) is 9.40 Å². The van der Waals surface area contributed by atoms with Crippen molar-refractivity contribution in [1.82, 2.24) is 19.4 Å². The van der Waals surface area contributed by atoms with Crippen molar-refractivity contribution in [3.05, 3.63) is 77.9 Å². The topological polar surface area (TPSA) is 84.3 Å². The summed E-state index contributed by atoms with van der Waals surface area (Å²) in [4.78, 5) is 12.7. The van der Waals surface area contributed by atoms with Crippen LogP contribution in [0.5, 0.6) is 0 Å². The first kappa shape index (κ1) is 21.2. The highest BCUT2D eigenvalue weighted by Gasteiger charge is 2.26. The highest BCUT2D eigenvalue weighted by molar-refractivity contribution is 7.89. The summed E-state index contributed by atoms with van der Waals surface area (Å²) in [5.74, 6) is -0.794. The van der Waals surface area contributed by atoms with E-state index >= 15 is 0 Å². The zero-order valence-electron chi connectivity index (χ0n) is 16.9. The zero-order chi connectivity index (χ0) is 21.8. The van der Waals surface area contributed by atoms with Crippen molar-refractivity contribution in [2.24, 2.45) is 0 Å². The lowest BCUT2D eigenvalue weighted by atomic mass is 10.2. The van der Waals surface area contributed by atoms with Crippen LogP contribution in [-0.2, 0) is 16.6 Å². The highest BCUT2D eigenvalue weighted by Crippen LogP contribution is 2.21. The zero-order valence-corrected chi connectivity index (χ0v) is 17.7. The first-order valence-corrected chi connectivity index (χ1v) is 11.6. The molecule has 162 valence electrons. The normalized spacial score (nSPS) is 15.0. The third kappa shape index (κ3) is 4.83. The summed E-state index contributed by atoms with van der Waals surface area (Å²) in [6.45, 7) is 1.24. The lowest BCUT2D eigenvalue weighted by molar-refractivity contribution is 0.0945. The number of nitrogens with zero attached hydrogens (tertiary/aromatic N) is 3. The molecule has 31 heavy (non-hydrogen) atoms. The first-order valence-electron chi connectivity index (χ1n) is 10.1. The molecule has 1 aliphatic heterocycles. The van der Waals surface area contributed by atoms with Gasteiger partial charge < -0.3 is 5.32 Å². The van der Waals surface area contributed by atoms with Gasteiger partial charge in [0.15, 0.2) is 5.69 Å². The van der Waals surface area contributed by atoms with E-state index in [0.717, 1.165) is 19.3 Å². The Morgan fingerprint density at radius 2 is 1.81 bits per heavy atom. The van der Waals surface area contributed by atoms with Gasteiger partial charge in [0.1, 0.15) is 5.82 Å². The summed E-state index contributed by atoms with van der Waals surface area (Å²) >= 11 is 0. The number of amides is 1. The summed E-state index contributed by atoms with van der Waals surface area (Å²) in [7, 11) is -3.53. The van der Waals surface area contributed by atoms with E-state index in [1.807, 2.05) is 0 Å². The molecule has 0 aliphatic carbocycles. The molecule has 1 aliphatic rings. The predicted molar refractivity (Wildman–Crippen MR) is 114 cm³/mol. The Kier molecular flexibility index (Phi) is 6.15. The van der Waals surface area contributed by atoms with E-state index in [0.29, 0.717) is 24.3 Å². The Balaban J connectivity index is 1.43. The average molecular weight is 443 g/mol. The maximum Gasteiger partial charge on any atom is 0.272 e. The van der Waals surface area contributed by atoms with Gasteiger partial charge in [0.25, 0.3) is 5.91 Å². The molecule has 7 nitrogen and oxygen atoms in total. The largest absolute Gasteiger partial charge is 0.347 e. The van der Waals surface area contributed by atoms with E-state index in [9.17, 15) is 17.6 Å². The Labute approximate surface area is 180 Å². The second-order valence-electron chi connectivity index (χ2n) is 7.42. The van der Waals surface area contributed by atoms with Crippen molar-refractivity contribution in [3.63, 3.8) is 0 Å². The van der Waals surface area contributed by atoms with Crippen LogP contribution < -0.4 is 5.32 Å². The molecule has 2 heterocycles. The fourth-order valence-corrected chi connectivity index (χ4v) is 5.14. The summed E-state index contributed by atoms with van der Waals surface area (Å²) < 4.78 is 42.1. The smallest absolute Gasteiger partial charge is 0.272 e. The van der Waals surface area contributed by atoms with Crippen LogP contribution in [0.15, 0.2) is 65.7 Å². The van der Waals surface area contributed by atoms with Crippen LogP contribution in [0.25, 0.3) is 5.69 Å². The molecular weight excluding hydrogens is 419 g/mol. The number of hydrogen-bond donors (Lipinski definition) is 1. The number of piperidine rings is 1. The van der Waals surface area contributed by atoms with Crippen LogP contribution in [0.4, 0.5) is 4.39 Å². The number of hydrogen-bond acceptors (Lipinski definition) is 4. The number of benzene rings is 2. The number of sulfonamides is 1. The van der Waals surface area contributed by atoms with Gasteiger partial charge in [-0.15, -0.1) is 0 Å². The second-order valence-corrected chi connectivity index (χ2v) is 9.36. The molecular formula is C22H23FN4O3S. The second kappa shape index (κ2) is 8.99. The summed E-state index contributed by atoms with van der Waals surface area (Å²) in [5, 5.41) is 6.94. The highest BCUT2D eigenvalue weighted by atomic mass is 32.2. The summed E-state index contributed by atoms with van der Waals surface area (Å²) in [6, 6.07) is 14.1. The molecule has 3 aromatic rings. The average Bonchev–Trinajstić information content (AvgIpc) is 3.29. The molecule has 0 unspecified atom stereocenters. The number of rotatable bonds is 6. The molecule has 1 amide bonds. The number of aromatic nitrogens is 2. The van der Waals surface area contributed by atoms with Crippen molar-refractivity contribution in [2.75, 3.05) is 13.1 Å². The minimum absolute atomic E-state index is 0.162. The first-order chi connectivity index (χ1) is 14.9. The summed E-state index contributed by atoms with van der Waals surface area (Å²) in [5.41, 5.74) is 1.37. The standard InChI is InChI=1S/C22H23FN4O3S/c23-18-7-5-8-19(15-18)27-13-10-21(25-27)22(28)24-16-17-6-4-9-20(14-17)31(29,30)26-11-2-1-3-12-26/h4-10,13-15H,1-3,11-12,16H2,(H,24,28). The Morgan fingerprint density at radius 1 is 1.03 bits per heavy atom. The molecule has 1 aromatic heterocycles. The van der Waals surface area contributed by atoms with Gasteiger partial charge in [-0.3, -0.25) is 4.79 Å². The van der Waals surface area contributed by atoms with Gasteiger partial charge in [0.2, 0.25) is 10.0 Å². The molecule has 4 rings (SSSR count). The summed E-state index contributed by atoms with van der Waals surface area (Å²) in [6.07, 6.45) is 4.37. The lowest BCUT2D eigenvalue weighted by Crippen LogP contribution is -2.35. The molecule has 1 N–H and O–H groups in total. The van der Waals surface area contributed by atoms with Crippen molar-refractivity contribution < 1.29 is 17.6 Å². The Hall–Kier alpha value is -3.04. The molecule has 0 spiro atoms. The van der Waals surface area contributed by atoms with E-state index < -0.39 is 21.7 Å². The minimum Gasteiger partial charge on any atom is -0.347 e. The van der Waals surface area contributed by atoms with Crippen molar-refractivity contribution in [2.45, 2.75) is 30.7 Å². The van der Waals surface area contributed by atoms with Gasteiger partial charge in [-0.05, 0) is 54.8 Å². The molecule has 0 bridgehead atoms. The van der Waals surface area contributed by atoms with E-state index in [1.54, 1.807) is 42.6 Å². The molecule has 1 saturated heterocycles. The van der Waals surface area contributed by atoms with Crippen LogP contribution in [0, 0.1) is 5.82 Å². The number of carbonyl (C=O) groups is 1.